The molecule has 3 aromatic carbocycles. The summed E-state index contributed by atoms with van der Waals surface area (Å²) in [4.78, 5) is 12.6. The highest BCUT2D eigenvalue weighted by molar-refractivity contribution is 8.01. The van der Waals surface area contributed by atoms with Crippen LogP contribution in [0.1, 0.15) is 5.56 Å². The Morgan fingerprint density at radius 1 is 1.06 bits per heavy atom. The van der Waals surface area contributed by atoms with Gasteiger partial charge in [0, 0.05) is 22.5 Å². The summed E-state index contributed by atoms with van der Waals surface area (Å²) < 4.78 is 12.1. The van der Waals surface area contributed by atoms with E-state index in [1.807, 2.05) is 61.5 Å². The molecule has 0 spiro atoms. The van der Waals surface area contributed by atoms with Gasteiger partial charge in [-0.3, -0.25) is 4.79 Å². The maximum absolute atomic E-state index is 12.6. The predicted molar refractivity (Wildman–Crippen MR) is 134 cm³/mol. The molecule has 0 aliphatic heterocycles. The molecule has 0 unspecified atom stereocenters. The molecule has 2 aromatic heterocycles. The van der Waals surface area contributed by atoms with E-state index in [2.05, 4.69) is 20.8 Å². The zero-order valence-electron chi connectivity index (χ0n) is 17.9. The molecule has 0 aliphatic rings. The highest BCUT2D eigenvalue weighted by Crippen LogP contribution is 2.36. The molecule has 5 aromatic rings. The Morgan fingerprint density at radius 3 is 2.70 bits per heavy atom. The number of aryl methyl sites for hydroxylation is 1. The molecule has 0 atom stereocenters. The van der Waals surface area contributed by atoms with Gasteiger partial charge in [0.2, 0.25) is 11.0 Å². The molecular formula is C24H20N4O3S2. The van der Waals surface area contributed by atoms with E-state index in [1.165, 1.54) is 28.7 Å². The van der Waals surface area contributed by atoms with Crippen LogP contribution >= 0.6 is 23.1 Å². The summed E-state index contributed by atoms with van der Waals surface area (Å²) in [5.74, 6) is 0.602. The standard InChI is InChI=1S/C24H20N4O3S2/c1-14-7-9-15(10-8-14)25-23-27-28-24(33-23)32-13-22(29)26-18-12-20-17(11-21(18)30-2)16-5-3-4-6-19(16)31-20/h3-12H,13H2,1-2H3,(H,25,27)(H,26,29). The minimum atomic E-state index is -0.169. The Balaban J connectivity index is 1.25. The van der Waals surface area contributed by atoms with Crippen molar-refractivity contribution < 1.29 is 13.9 Å². The second kappa shape index (κ2) is 9.13. The molecule has 5 rings (SSSR count). The van der Waals surface area contributed by atoms with Crippen LogP contribution in [0.25, 0.3) is 21.9 Å². The number of nitrogens with zero attached hydrogens (tertiary/aromatic N) is 2. The number of rotatable bonds is 7. The van der Waals surface area contributed by atoms with Crippen molar-refractivity contribution in [3.8, 4) is 5.75 Å². The molecule has 2 heterocycles. The highest BCUT2D eigenvalue weighted by atomic mass is 32.2. The van der Waals surface area contributed by atoms with Crippen molar-refractivity contribution in [3.05, 3.63) is 66.2 Å². The van der Waals surface area contributed by atoms with Crippen LogP contribution in [-0.2, 0) is 4.79 Å². The van der Waals surface area contributed by atoms with Gasteiger partial charge in [0.1, 0.15) is 16.9 Å². The lowest BCUT2D eigenvalue weighted by Gasteiger charge is -2.10. The first-order valence-electron chi connectivity index (χ1n) is 10.2. The van der Waals surface area contributed by atoms with Gasteiger partial charge >= 0.3 is 0 Å². The van der Waals surface area contributed by atoms with Gasteiger partial charge in [-0.15, -0.1) is 10.2 Å². The topological polar surface area (TPSA) is 89.3 Å². The van der Waals surface area contributed by atoms with Gasteiger partial charge in [-0.25, -0.2) is 0 Å². The van der Waals surface area contributed by atoms with Crippen molar-refractivity contribution in [2.45, 2.75) is 11.3 Å². The molecule has 0 radical (unpaired) electrons. The monoisotopic (exact) mass is 476 g/mol. The van der Waals surface area contributed by atoms with Gasteiger partial charge in [0.25, 0.3) is 0 Å². The van der Waals surface area contributed by atoms with Gasteiger partial charge in [-0.1, -0.05) is 59.0 Å². The molecule has 2 N–H and O–H groups in total. The van der Waals surface area contributed by atoms with Gasteiger partial charge in [-0.05, 0) is 31.2 Å². The lowest BCUT2D eigenvalue weighted by atomic mass is 10.1. The molecule has 7 nitrogen and oxygen atoms in total. The summed E-state index contributed by atoms with van der Waals surface area (Å²) in [6.07, 6.45) is 0. The Hall–Kier alpha value is -3.56. The van der Waals surface area contributed by atoms with Gasteiger partial charge in [0.05, 0.1) is 18.6 Å². The number of aromatic nitrogens is 2. The smallest absolute Gasteiger partial charge is 0.234 e. The lowest BCUT2D eigenvalue weighted by molar-refractivity contribution is -0.113. The van der Waals surface area contributed by atoms with Crippen molar-refractivity contribution in [2.75, 3.05) is 23.5 Å². The number of hydrogen-bond donors (Lipinski definition) is 2. The van der Waals surface area contributed by atoms with E-state index in [-0.39, 0.29) is 11.7 Å². The fourth-order valence-corrected chi connectivity index (χ4v) is 4.98. The molecule has 0 aliphatic carbocycles. The maximum atomic E-state index is 12.6. The van der Waals surface area contributed by atoms with Crippen LogP contribution in [-0.4, -0.2) is 29.0 Å². The summed E-state index contributed by atoms with van der Waals surface area (Å²) in [6, 6.07) is 19.5. The van der Waals surface area contributed by atoms with Crippen LogP contribution in [0.2, 0.25) is 0 Å². The number of anilines is 3. The van der Waals surface area contributed by atoms with Gasteiger partial charge < -0.3 is 19.8 Å². The molecule has 0 saturated carbocycles. The molecule has 166 valence electrons. The number of para-hydroxylation sites is 1. The largest absolute Gasteiger partial charge is 0.495 e. The Bertz CT molecular complexity index is 1440. The number of benzene rings is 3. The molecular weight excluding hydrogens is 456 g/mol. The lowest BCUT2D eigenvalue weighted by Crippen LogP contribution is -2.14. The predicted octanol–water partition coefficient (Wildman–Crippen LogP) is 6.23. The number of furan rings is 1. The summed E-state index contributed by atoms with van der Waals surface area (Å²) in [6.45, 7) is 2.04. The number of methoxy groups -OCH3 is 1. The van der Waals surface area contributed by atoms with E-state index in [0.29, 0.717) is 26.5 Å². The zero-order valence-corrected chi connectivity index (χ0v) is 19.5. The van der Waals surface area contributed by atoms with Crippen LogP contribution in [0.3, 0.4) is 0 Å². The number of thioether (sulfide) groups is 1. The van der Waals surface area contributed by atoms with Crippen molar-refractivity contribution in [1.82, 2.24) is 10.2 Å². The number of ether oxygens (including phenoxy) is 1. The van der Waals surface area contributed by atoms with Crippen molar-refractivity contribution in [1.29, 1.82) is 0 Å². The Kier molecular flexibility index (Phi) is 5.89. The van der Waals surface area contributed by atoms with Crippen LogP contribution in [0, 0.1) is 6.92 Å². The zero-order chi connectivity index (χ0) is 22.8. The van der Waals surface area contributed by atoms with Crippen molar-refractivity contribution in [3.63, 3.8) is 0 Å². The first-order valence-corrected chi connectivity index (χ1v) is 12.0. The minimum absolute atomic E-state index is 0.169. The molecule has 1 amide bonds. The Labute approximate surface area is 198 Å². The number of fused-ring (bicyclic) bond motifs is 3. The minimum Gasteiger partial charge on any atom is -0.495 e. The second-order valence-electron chi connectivity index (χ2n) is 7.35. The maximum Gasteiger partial charge on any atom is 0.234 e. The first kappa shape index (κ1) is 21.3. The van der Waals surface area contributed by atoms with E-state index >= 15 is 0 Å². The van der Waals surface area contributed by atoms with Gasteiger partial charge in [-0.2, -0.15) is 0 Å². The molecule has 33 heavy (non-hydrogen) atoms. The SMILES string of the molecule is COc1cc2c(cc1NC(=O)CSc1nnc(Nc3ccc(C)cc3)s1)oc1ccccc12. The average Bonchev–Trinajstić information content (AvgIpc) is 3.42. The number of hydrogen-bond acceptors (Lipinski definition) is 8. The van der Waals surface area contributed by atoms with Crippen LogP contribution in [0.5, 0.6) is 5.75 Å². The summed E-state index contributed by atoms with van der Waals surface area (Å²) >= 11 is 2.73. The van der Waals surface area contributed by atoms with Crippen LogP contribution in [0.4, 0.5) is 16.5 Å². The quantitative estimate of drug-likeness (QED) is 0.269. The fourth-order valence-electron chi connectivity index (χ4n) is 3.41. The number of nitrogens with one attached hydrogen (secondary N) is 2. The first-order chi connectivity index (χ1) is 16.1. The normalized spacial score (nSPS) is 11.1. The molecule has 0 bridgehead atoms. The van der Waals surface area contributed by atoms with E-state index in [9.17, 15) is 4.79 Å². The van der Waals surface area contributed by atoms with E-state index in [1.54, 1.807) is 13.2 Å². The van der Waals surface area contributed by atoms with Crippen LogP contribution in [0.15, 0.2) is 69.4 Å². The number of carbonyl (C=O) groups excluding carboxylic acids is 1. The van der Waals surface area contributed by atoms with Crippen LogP contribution < -0.4 is 15.4 Å². The summed E-state index contributed by atoms with van der Waals surface area (Å²) in [7, 11) is 1.58. The van der Waals surface area contributed by atoms with Crippen molar-refractivity contribution >= 4 is 67.5 Å². The highest BCUT2D eigenvalue weighted by Gasteiger charge is 2.15. The Morgan fingerprint density at radius 2 is 1.88 bits per heavy atom. The molecule has 0 saturated heterocycles. The average molecular weight is 477 g/mol. The second-order valence-corrected chi connectivity index (χ2v) is 9.55. The van der Waals surface area contributed by atoms with E-state index < -0.39 is 0 Å². The van der Waals surface area contributed by atoms with Gasteiger partial charge in [0.15, 0.2) is 4.34 Å². The summed E-state index contributed by atoms with van der Waals surface area (Å²) in [5, 5.41) is 17.1. The number of carbonyl (C=O) groups is 1. The number of amides is 1. The fraction of sp³-hybridized carbons (Fsp3) is 0.125. The van der Waals surface area contributed by atoms with Crippen molar-refractivity contribution in [2.24, 2.45) is 0 Å². The third kappa shape index (κ3) is 4.64. The summed E-state index contributed by atoms with van der Waals surface area (Å²) in [5.41, 5.74) is 4.18. The van der Waals surface area contributed by atoms with E-state index in [0.717, 1.165) is 22.0 Å². The molecule has 0 fully saturated rings. The third-order valence-corrected chi connectivity index (χ3v) is 6.98. The third-order valence-electron chi connectivity index (χ3n) is 5.01. The molecule has 9 heteroatoms. The van der Waals surface area contributed by atoms with E-state index in [4.69, 9.17) is 9.15 Å².